The second-order valence-electron chi connectivity index (χ2n) is 8.48. The summed E-state index contributed by atoms with van der Waals surface area (Å²) >= 11 is 0. The minimum Gasteiger partial charge on any atom is -0.306 e. The molecule has 1 aliphatic heterocycles. The van der Waals surface area contributed by atoms with Crippen molar-refractivity contribution in [2.24, 2.45) is 0 Å². The number of anilines is 2. The quantitative estimate of drug-likeness (QED) is 0.558. The molecule has 3 rings (SSSR count). The Balaban J connectivity index is 1.64. The van der Waals surface area contributed by atoms with Gasteiger partial charge in [0.15, 0.2) is 20.7 Å². The van der Waals surface area contributed by atoms with E-state index >= 15 is 4.39 Å². The van der Waals surface area contributed by atoms with Gasteiger partial charge in [-0.3, -0.25) is 4.90 Å². The molecular weight excluding hydrogens is 499 g/mol. The maximum Gasteiger partial charge on any atom is 0.323 e. The summed E-state index contributed by atoms with van der Waals surface area (Å²) in [5.41, 5.74) is 0.575. The smallest absolute Gasteiger partial charge is 0.306 e. The minimum absolute atomic E-state index is 0.0258. The summed E-state index contributed by atoms with van der Waals surface area (Å²) in [5.74, 6) is -0.594. The van der Waals surface area contributed by atoms with Gasteiger partial charge in [0.05, 0.1) is 17.6 Å². The lowest BCUT2D eigenvalue weighted by Crippen LogP contribution is -2.55. The van der Waals surface area contributed by atoms with Crippen molar-refractivity contribution in [1.82, 2.24) is 18.5 Å². The van der Waals surface area contributed by atoms with Crippen LogP contribution in [-0.2, 0) is 26.6 Å². The number of carbonyl (C=O) groups excluding carboxylic acids is 1. The summed E-state index contributed by atoms with van der Waals surface area (Å²) in [6.07, 6.45) is 2.22. The van der Waals surface area contributed by atoms with E-state index in [9.17, 15) is 21.6 Å². The molecule has 0 unspecified atom stereocenters. The van der Waals surface area contributed by atoms with E-state index in [0.29, 0.717) is 18.7 Å². The number of carbonyl (C=O) groups is 1. The highest BCUT2D eigenvalue weighted by Crippen LogP contribution is 2.23. The summed E-state index contributed by atoms with van der Waals surface area (Å²) in [4.78, 5) is 18.1. The molecule has 0 aliphatic carbocycles. The van der Waals surface area contributed by atoms with Crippen LogP contribution in [0.1, 0.15) is 12.5 Å². The second kappa shape index (κ2) is 10.5. The average Bonchev–Trinajstić information content (AvgIpc) is 2.77. The number of rotatable bonds is 7. The van der Waals surface area contributed by atoms with Gasteiger partial charge in [-0.15, -0.1) is 0 Å². The first-order chi connectivity index (χ1) is 16.3. The first kappa shape index (κ1) is 26.9. The summed E-state index contributed by atoms with van der Waals surface area (Å²) < 4.78 is 65.5. The number of urea groups is 1. The Bertz CT molecular complexity index is 1290. The molecule has 1 aromatic heterocycles. The molecule has 1 fully saturated rings. The number of sulfone groups is 1. The molecule has 1 atom stereocenters. The molecule has 192 valence electrons. The van der Waals surface area contributed by atoms with Crippen LogP contribution in [-0.4, -0.2) is 87.4 Å². The summed E-state index contributed by atoms with van der Waals surface area (Å²) in [5, 5.41) is 4.80. The molecule has 0 saturated carbocycles. The highest BCUT2D eigenvalue weighted by Gasteiger charge is 2.32. The van der Waals surface area contributed by atoms with Crippen LogP contribution in [0.2, 0.25) is 0 Å². The Morgan fingerprint density at radius 1 is 1.14 bits per heavy atom. The third-order valence-corrected chi connectivity index (χ3v) is 8.50. The SMILES string of the molecule is C[C@H]1CN(S(=O)(=O)N(C)C)CCN1Cc1cccc(NC(=O)Nc2ccc(S(C)(=O)=O)nc2)c1F. The first-order valence-electron chi connectivity index (χ1n) is 10.7. The molecule has 35 heavy (non-hydrogen) atoms. The molecule has 2 heterocycles. The largest absolute Gasteiger partial charge is 0.323 e. The molecule has 1 saturated heterocycles. The molecule has 0 radical (unpaired) electrons. The van der Waals surface area contributed by atoms with Gasteiger partial charge in [0.1, 0.15) is 0 Å². The van der Waals surface area contributed by atoms with Crippen LogP contribution < -0.4 is 10.6 Å². The van der Waals surface area contributed by atoms with Gasteiger partial charge in [0, 0.05) is 58.1 Å². The molecule has 2 N–H and O–H groups in total. The van der Waals surface area contributed by atoms with Gasteiger partial charge in [0.2, 0.25) is 0 Å². The average molecular weight is 529 g/mol. The van der Waals surface area contributed by atoms with Gasteiger partial charge in [-0.05, 0) is 25.1 Å². The fraction of sp³-hybridized carbons (Fsp3) is 0.429. The topological polar surface area (TPSA) is 132 Å². The van der Waals surface area contributed by atoms with Crippen molar-refractivity contribution in [1.29, 1.82) is 0 Å². The van der Waals surface area contributed by atoms with Gasteiger partial charge in [-0.25, -0.2) is 22.6 Å². The zero-order chi connectivity index (χ0) is 26.0. The number of nitrogens with zero attached hydrogens (tertiary/aromatic N) is 4. The van der Waals surface area contributed by atoms with Crippen molar-refractivity contribution in [2.45, 2.75) is 24.5 Å². The van der Waals surface area contributed by atoms with Gasteiger partial charge in [-0.1, -0.05) is 12.1 Å². The molecule has 14 heteroatoms. The Morgan fingerprint density at radius 2 is 1.86 bits per heavy atom. The molecule has 2 aromatic rings. The summed E-state index contributed by atoms with van der Waals surface area (Å²) in [7, 11) is -4.01. The van der Waals surface area contributed by atoms with E-state index in [0.717, 1.165) is 6.26 Å². The normalized spacial score (nSPS) is 17.9. The summed E-state index contributed by atoms with van der Waals surface area (Å²) in [6, 6.07) is 6.44. The van der Waals surface area contributed by atoms with Crippen LogP contribution in [0.3, 0.4) is 0 Å². The Hall–Kier alpha value is -2.65. The van der Waals surface area contributed by atoms with Crippen LogP contribution in [0.25, 0.3) is 0 Å². The van der Waals surface area contributed by atoms with Crippen molar-refractivity contribution in [3.05, 3.63) is 47.9 Å². The standard InChI is InChI=1S/C21H29FN6O5S2/c1-15-13-28(35(32,33)26(2)3)11-10-27(15)14-16-6-5-7-18(20(16)22)25-21(29)24-17-8-9-19(23-12-17)34(4,30)31/h5-9,12,15H,10-11,13-14H2,1-4H3,(H2,24,25,29)/t15-/m0/s1. The molecular formula is C21H29FN6O5S2. The maximum absolute atomic E-state index is 15.1. The number of benzene rings is 1. The van der Waals surface area contributed by atoms with Crippen molar-refractivity contribution >= 4 is 37.5 Å². The lowest BCUT2D eigenvalue weighted by atomic mass is 10.1. The Morgan fingerprint density at radius 3 is 2.43 bits per heavy atom. The van der Waals surface area contributed by atoms with E-state index in [1.54, 1.807) is 12.1 Å². The van der Waals surface area contributed by atoms with Crippen molar-refractivity contribution in [3.8, 4) is 0 Å². The Kier molecular flexibility index (Phi) is 8.11. The third kappa shape index (κ3) is 6.52. The number of amides is 2. The molecule has 1 aromatic carbocycles. The van der Waals surface area contributed by atoms with E-state index in [1.165, 1.54) is 47.1 Å². The fourth-order valence-corrected chi connectivity index (χ4v) is 5.35. The zero-order valence-corrected chi connectivity index (χ0v) is 21.5. The highest BCUT2D eigenvalue weighted by atomic mass is 32.2. The molecule has 1 aliphatic rings. The van der Waals surface area contributed by atoms with E-state index in [-0.39, 0.29) is 35.5 Å². The maximum atomic E-state index is 15.1. The number of halogens is 1. The van der Waals surface area contributed by atoms with E-state index in [2.05, 4.69) is 15.6 Å². The van der Waals surface area contributed by atoms with Crippen LogP contribution in [0.5, 0.6) is 0 Å². The first-order valence-corrected chi connectivity index (χ1v) is 14.0. The lowest BCUT2D eigenvalue weighted by molar-refractivity contribution is 0.118. The van der Waals surface area contributed by atoms with Gasteiger partial charge in [0.25, 0.3) is 10.2 Å². The Labute approximate surface area is 205 Å². The highest BCUT2D eigenvalue weighted by molar-refractivity contribution is 7.90. The number of nitrogens with one attached hydrogen (secondary N) is 2. The van der Waals surface area contributed by atoms with E-state index < -0.39 is 31.9 Å². The second-order valence-corrected chi connectivity index (χ2v) is 12.6. The van der Waals surface area contributed by atoms with Crippen LogP contribution >= 0.6 is 0 Å². The third-order valence-electron chi connectivity index (χ3n) is 5.59. The lowest BCUT2D eigenvalue weighted by Gasteiger charge is -2.40. The van der Waals surface area contributed by atoms with E-state index in [4.69, 9.17) is 0 Å². The van der Waals surface area contributed by atoms with Gasteiger partial charge >= 0.3 is 6.03 Å². The molecule has 2 amide bonds. The molecule has 0 spiro atoms. The summed E-state index contributed by atoms with van der Waals surface area (Å²) in [6.45, 7) is 3.14. The van der Waals surface area contributed by atoms with Crippen LogP contribution in [0.15, 0.2) is 41.6 Å². The predicted molar refractivity (Wildman–Crippen MR) is 130 cm³/mol. The van der Waals surface area contributed by atoms with Crippen LogP contribution in [0, 0.1) is 5.82 Å². The number of hydrogen-bond acceptors (Lipinski definition) is 7. The number of aromatic nitrogens is 1. The number of piperazine rings is 1. The zero-order valence-electron chi connectivity index (χ0n) is 19.9. The predicted octanol–water partition coefficient (Wildman–Crippen LogP) is 1.58. The van der Waals surface area contributed by atoms with Crippen molar-refractivity contribution < 1.29 is 26.0 Å². The number of hydrogen-bond donors (Lipinski definition) is 2. The van der Waals surface area contributed by atoms with Crippen molar-refractivity contribution in [3.63, 3.8) is 0 Å². The van der Waals surface area contributed by atoms with Gasteiger partial charge in [-0.2, -0.15) is 17.0 Å². The van der Waals surface area contributed by atoms with E-state index in [1.807, 2.05) is 11.8 Å². The monoisotopic (exact) mass is 528 g/mol. The van der Waals surface area contributed by atoms with Crippen molar-refractivity contribution in [2.75, 3.05) is 50.6 Å². The molecule has 0 bridgehead atoms. The number of pyridine rings is 1. The fourth-order valence-electron chi connectivity index (χ4n) is 3.61. The van der Waals surface area contributed by atoms with Gasteiger partial charge < -0.3 is 10.6 Å². The molecule has 11 nitrogen and oxygen atoms in total. The van der Waals surface area contributed by atoms with Crippen LogP contribution in [0.4, 0.5) is 20.6 Å². The minimum atomic E-state index is -3.52.